The van der Waals surface area contributed by atoms with Crippen LogP contribution in [0.1, 0.15) is 10.4 Å². The number of nitro groups is 1. The van der Waals surface area contributed by atoms with E-state index >= 15 is 0 Å². The standard InChI is InChI=1S/C16H9N3O5/c20-14-12-4-2-1-3-11(12)13(15(14)21)17-18-16(22)9-5-7-10(8-6-9)19(23)24/h1-8H,(H,18,22). The first kappa shape index (κ1) is 15.2. The summed E-state index contributed by atoms with van der Waals surface area (Å²) in [7, 11) is 0. The predicted molar refractivity (Wildman–Crippen MR) is 85.0 cm³/mol. The number of non-ortho nitro benzene ring substituents is 1. The van der Waals surface area contributed by atoms with Gasteiger partial charge in [0.25, 0.3) is 17.0 Å². The molecule has 1 N–H and O–H groups in total. The monoisotopic (exact) mass is 323 g/mol. The molecule has 0 fully saturated rings. The Hall–Kier alpha value is -3.68. The van der Waals surface area contributed by atoms with Crippen LogP contribution < -0.4 is 21.6 Å². The Balaban J connectivity index is 1.95. The number of amides is 1. The number of hydrogen-bond acceptors (Lipinski definition) is 6. The van der Waals surface area contributed by atoms with Crippen LogP contribution in [0.4, 0.5) is 5.69 Å². The summed E-state index contributed by atoms with van der Waals surface area (Å²) in [6.45, 7) is 0. The summed E-state index contributed by atoms with van der Waals surface area (Å²) in [6, 6.07) is 11.3. The largest absolute Gasteiger partial charge is 0.285 e. The Kier molecular flexibility index (Phi) is 3.70. The smallest absolute Gasteiger partial charge is 0.271 e. The van der Waals surface area contributed by atoms with Crippen molar-refractivity contribution in [3.05, 3.63) is 90.0 Å². The molecule has 8 nitrogen and oxygen atoms in total. The van der Waals surface area contributed by atoms with Gasteiger partial charge in [0, 0.05) is 28.5 Å². The highest BCUT2D eigenvalue weighted by molar-refractivity contribution is 5.94. The van der Waals surface area contributed by atoms with E-state index in [4.69, 9.17) is 0 Å². The third kappa shape index (κ3) is 2.56. The second kappa shape index (κ2) is 5.84. The van der Waals surface area contributed by atoms with Gasteiger partial charge in [0.05, 0.1) is 4.92 Å². The Morgan fingerprint density at radius 1 is 0.958 bits per heavy atom. The maximum absolute atomic E-state index is 12.0. The third-order valence-corrected chi connectivity index (χ3v) is 3.46. The molecule has 0 atom stereocenters. The minimum absolute atomic E-state index is 0.133. The van der Waals surface area contributed by atoms with Crippen LogP contribution in [0.5, 0.6) is 0 Å². The van der Waals surface area contributed by atoms with Gasteiger partial charge in [-0.1, -0.05) is 24.3 Å². The number of hydrogen-bond donors (Lipinski definition) is 1. The molecule has 3 rings (SSSR count). The average molecular weight is 323 g/mol. The van der Waals surface area contributed by atoms with Crippen LogP contribution in [0.15, 0.2) is 63.2 Å². The number of carbonyl (C=O) groups excluding carboxylic acids is 1. The van der Waals surface area contributed by atoms with E-state index in [1.54, 1.807) is 18.2 Å². The molecule has 24 heavy (non-hydrogen) atoms. The van der Waals surface area contributed by atoms with Gasteiger partial charge in [0.2, 0.25) is 5.43 Å². The van der Waals surface area contributed by atoms with E-state index in [0.29, 0.717) is 5.39 Å². The van der Waals surface area contributed by atoms with Crippen molar-refractivity contribution in [3.8, 4) is 0 Å². The molecule has 3 aromatic rings. The Morgan fingerprint density at radius 2 is 1.58 bits per heavy atom. The van der Waals surface area contributed by atoms with Crippen LogP contribution in [-0.4, -0.2) is 10.8 Å². The lowest BCUT2D eigenvalue weighted by molar-refractivity contribution is -0.384. The summed E-state index contributed by atoms with van der Waals surface area (Å²) in [4.78, 5) is 45.7. The second-order valence-corrected chi connectivity index (χ2v) is 4.91. The summed E-state index contributed by atoms with van der Waals surface area (Å²) in [5, 5.41) is 14.8. The molecule has 0 heterocycles. The lowest BCUT2D eigenvalue weighted by Crippen LogP contribution is -2.33. The normalized spacial score (nSPS) is 11.6. The van der Waals surface area contributed by atoms with Gasteiger partial charge < -0.3 is 0 Å². The first-order valence-electron chi connectivity index (χ1n) is 6.80. The zero-order valence-electron chi connectivity index (χ0n) is 12.1. The molecule has 0 aromatic heterocycles. The minimum atomic E-state index is -0.791. The lowest BCUT2D eigenvalue weighted by atomic mass is 10.2. The third-order valence-electron chi connectivity index (χ3n) is 3.46. The summed E-state index contributed by atoms with van der Waals surface area (Å²) in [6.07, 6.45) is 0. The zero-order chi connectivity index (χ0) is 17.3. The molecule has 8 heteroatoms. The number of nitrogens with one attached hydrogen (secondary N) is 1. The highest BCUT2D eigenvalue weighted by Crippen LogP contribution is 2.11. The van der Waals surface area contributed by atoms with Crippen molar-refractivity contribution < 1.29 is 9.72 Å². The molecule has 0 aliphatic carbocycles. The van der Waals surface area contributed by atoms with Gasteiger partial charge in [-0.3, -0.25) is 24.5 Å². The number of nitro benzene ring substituents is 1. The molecule has 0 unspecified atom stereocenters. The van der Waals surface area contributed by atoms with Crippen LogP contribution in [0.3, 0.4) is 0 Å². The number of benzene rings is 2. The van der Waals surface area contributed by atoms with E-state index in [-0.39, 0.29) is 22.0 Å². The van der Waals surface area contributed by atoms with Gasteiger partial charge in [-0.25, -0.2) is 5.43 Å². The highest BCUT2D eigenvalue weighted by atomic mass is 16.6. The zero-order valence-corrected chi connectivity index (χ0v) is 12.1. The maximum Gasteiger partial charge on any atom is 0.271 e. The van der Waals surface area contributed by atoms with Crippen molar-refractivity contribution in [1.82, 2.24) is 5.43 Å². The molecule has 118 valence electrons. The van der Waals surface area contributed by atoms with Gasteiger partial charge in [-0.15, -0.1) is 0 Å². The van der Waals surface area contributed by atoms with Crippen molar-refractivity contribution in [3.63, 3.8) is 0 Å². The number of carbonyl (C=O) groups is 1. The molecular formula is C16H9N3O5. The topological polar surface area (TPSA) is 119 Å². The SMILES string of the molecule is O=C(NN=c1c(=O)c(=O)c2ccccc12)c1ccc([N+](=O)[O-])cc1. The van der Waals surface area contributed by atoms with Crippen LogP contribution in [0.2, 0.25) is 0 Å². The van der Waals surface area contributed by atoms with Crippen LogP contribution >= 0.6 is 0 Å². The summed E-state index contributed by atoms with van der Waals surface area (Å²) in [5.41, 5.74) is 0.708. The van der Waals surface area contributed by atoms with E-state index in [1.165, 1.54) is 30.3 Å². The van der Waals surface area contributed by atoms with Crippen molar-refractivity contribution in [2.24, 2.45) is 5.10 Å². The van der Waals surface area contributed by atoms with Gasteiger partial charge in [-0.2, -0.15) is 5.10 Å². The van der Waals surface area contributed by atoms with Gasteiger partial charge >= 0.3 is 0 Å². The number of nitrogens with zero attached hydrogens (tertiary/aromatic N) is 2. The molecule has 0 aliphatic heterocycles. The van der Waals surface area contributed by atoms with Crippen molar-refractivity contribution in [2.75, 3.05) is 0 Å². The molecule has 1 amide bonds. The Morgan fingerprint density at radius 3 is 2.21 bits per heavy atom. The Bertz CT molecular complexity index is 1110. The number of fused-ring (bicyclic) bond motifs is 1. The summed E-state index contributed by atoms with van der Waals surface area (Å²) in [5.74, 6) is -0.651. The molecule has 0 saturated carbocycles. The highest BCUT2D eigenvalue weighted by Gasteiger charge is 2.12. The summed E-state index contributed by atoms with van der Waals surface area (Å²) < 4.78 is 0. The van der Waals surface area contributed by atoms with Gasteiger partial charge in [0.15, 0.2) is 0 Å². The molecule has 0 radical (unpaired) electrons. The average Bonchev–Trinajstić information content (AvgIpc) is 2.84. The minimum Gasteiger partial charge on any atom is -0.285 e. The van der Waals surface area contributed by atoms with Crippen LogP contribution in [0, 0.1) is 10.1 Å². The van der Waals surface area contributed by atoms with Crippen LogP contribution in [0.25, 0.3) is 10.8 Å². The fraction of sp³-hybridized carbons (Fsp3) is 0. The van der Waals surface area contributed by atoms with Crippen molar-refractivity contribution in [1.29, 1.82) is 0 Å². The second-order valence-electron chi connectivity index (χ2n) is 4.91. The Labute approximate surface area is 133 Å². The fourth-order valence-corrected chi connectivity index (χ4v) is 2.26. The van der Waals surface area contributed by atoms with E-state index in [0.717, 1.165) is 0 Å². The number of rotatable bonds is 3. The first-order chi connectivity index (χ1) is 11.5. The molecule has 3 aromatic carbocycles. The lowest BCUT2D eigenvalue weighted by Gasteiger charge is -1.98. The first-order valence-corrected chi connectivity index (χ1v) is 6.80. The van der Waals surface area contributed by atoms with E-state index in [9.17, 15) is 24.5 Å². The molecular weight excluding hydrogens is 314 g/mol. The quantitative estimate of drug-likeness (QED) is 0.430. The maximum atomic E-state index is 12.0. The molecule has 0 bridgehead atoms. The van der Waals surface area contributed by atoms with Gasteiger partial charge in [0.1, 0.15) is 5.36 Å². The van der Waals surface area contributed by atoms with E-state index < -0.39 is 21.7 Å². The summed E-state index contributed by atoms with van der Waals surface area (Å²) >= 11 is 0. The van der Waals surface area contributed by atoms with Crippen molar-refractivity contribution >= 4 is 22.4 Å². The van der Waals surface area contributed by atoms with Crippen molar-refractivity contribution in [2.45, 2.75) is 0 Å². The van der Waals surface area contributed by atoms with Gasteiger partial charge in [-0.05, 0) is 12.1 Å². The van der Waals surface area contributed by atoms with Crippen LogP contribution in [-0.2, 0) is 0 Å². The van der Waals surface area contributed by atoms with E-state index in [1.807, 2.05) is 0 Å². The molecule has 0 spiro atoms. The van der Waals surface area contributed by atoms with E-state index in [2.05, 4.69) is 10.5 Å². The fourth-order valence-electron chi connectivity index (χ4n) is 2.26. The molecule has 0 saturated heterocycles. The molecule has 0 aliphatic rings. The predicted octanol–water partition coefficient (Wildman–Crippen LogP) is 0.590.